The predicted octanol–water partition coefficient (Wildman–Crippen LogP) is 3.12. The molecule has 2 aromatic rings. The lowest BCUT2D eigenvalue weighted by Gasteiger charge is -2.21. The maximum atomic E-state index is 5.64. The van der Waals surface area contributed by atoms with E-state index in [2.05, 4.69) is 48.0 Å². The molecule has 102 valence electrons. The number of aromatic nitrogens is 1. The van der Waals surface area contributed by atoms with E-state index in [-0.39, 0.29) is 0 Å². The van der Waals surface area contributed by atoms with Crippen LogP contribution < -0.4 is 10.6 Å². The number of nitrogens with zero attached hydrogens (tertiary/aromatic N) is 2. The normalized spacial score (nSPS) is 10.7. The van der Waals surface area contributed by atoms with Gasteiger partial charge in [-0.2, -0.15) is 0 Å². The Morgan fingerprint density at radius 1 is 1.21 bits per heavy atom. The molecule has 0 radical (unpaired) electrons. The SMILES string of the molecule is Cc1nc(N(CCCN)Cc2ccccc2)sc1C. The molecule has 0 fully saturated rings. The molecule has 0 aliphatic carbocycles. The molecule has 0 amide bonds. The van der Waals surface area contributed by atoms with E-state index in [1.54, 1.807) is 11.3 Å². The zero-order valence-electron chi connectivity index (χ0n) is 11.6. The van der Waals surface area contributed by atoms with Gasteiger partial charge in [0.15, 0.2) is 5.13 Å². The molecule has 0 saturated heterocycles. The standard InChI is InChI=1S/C15H21N3S/c1-12-13(2)19-15(17-12)18(10-6-9-16)11-14-7-4-3-5-8-14/h3-5,7-8H,6,9-11,16H2,1-2H3. The van der Waals surface area contributed by atoms with E-state index < -0.39 is 0 Å². The molecule has 0 bridgehead atoms. The van der Waals surface area contributed by atoms with Crippen LogP contribution in [0.4, 0.5) is 5.13 Å². The molecule has 2 rings (SSSR count). The van der Waals surface area contributed by atoms with Gasteiger partial charge in [-0.1, -0.05) is 30.3 Å². The summed E-state index contributed by atoms with van der Waals surface area (Å²) < 4.78 is 0. The summed E-state index contributed by atoms with van der Waals surface area (Å²) >= 11 is 1.77. The zero-order valence-corrected chi connectivity index (χ0v) is 12.4. The summed E-state index contributed by atoms with van der Waals surface area (Å²) in [6.45, 7) is 6.76. The molecule has 1 aromatic heterocycles. The third kappa shape index (κ3) is 3.78. The third-order valence-electron chi connectivity index (χ3n) is 3.14. The number of anilines is 1. The lowest BCUT2D eigenvalue weighted by molar-refractivity contribution is 0.732. The van der Waals surface area contributed by atoms with Crippen LogP contribution in [0.1, 0.15) is 22.6 Å². The van der Waals surface area contributed by atoms with Crippen molar-refractivity contribution in [2.45, 2.75) is 26.8 Å². The number of hydrogen-bond acceptors (Lipinski definition) is 4. The molecule has 4 heteroatoms. The van der Waals surface area contributed by atoms with Crippen molar-refractivity contribution in [1.29, 1.82) is 0 Å². The summed E-state index contributed by atoms with van der Waals surface area (Å²) in [7, 11) is 0. The molecule has 0 unspecified atom stereocenters. The van der Waals surface area contributed by atoms with E-state index in [1.165, 1.54) is 10.4 Å². The topological polar surface area (TPSA) is 42.2 Å². The fourth-order valence-electron chi connectivity index (χ4n) is 1.92. The van der Waals surface area contributed by atoms with Crippen LogP contribution in [0.15, 0.2) is 30.3 Å². The summed E-state index contributed by atoms with van der Waals surface area (Å²) in [5.41, 5.74) is 8.08. The van der Waals surface area contributed by atoms with Gasteiger partial charge < -0.3 is 10.6 Å². The highest BCUT2D eigenvalue weighted by atomic mass is 32.1. The minimum atomic E-state index is 0.717. The summed E-state index contributed by atoms with van der Waals surface area (Å²) in [4.78, 5) is 8.28. The first kappa shape index (κ1) is 14.0. The Labute approximate surface area is 119 Å². The maximum absolute atomic E-state index is 5.64. The van der Waals surface area contributed by atoms with Crippen LogP contribution in [-0.2, 0) is 6.54 Å². The van der Waals surface area contributed by atoms with Crippen LogP contribution in [0.25, 0.3) is 0 Å². The van der Waals surface area contributed by atoms with Crippen molar-refractivity contribution in [3.63, 3.8) is 0 Å². The van der Waals surface area contributed by atoms with Crippen molar-refractivity contribution in [2.75, 3.05) is 18.0 Å². The molecule has 0 atom stereocenters. The van der Waals surface area contributed by atoms with Crippen LogP contribution in [0.3, 0.4) is 0 Å². The van der Waals surface area contributed by atoms with Crippen molar-refractivity contribution >= 4 is 16.5 Å². The molecular formula is C15H21N3S. The van der Waals surface area contributed by atoms with Crippen molar-refractivity contribution < 1.29 is 0 Å². The maximum Gasteiger partial charge on any atom is 0.186 e. The first-order chi connectivity index (χ1) is 9.20. The molecule has 0 aliphatic rings. The van der Waals surface area contributed by atoms with Crippen LogP contribution >= 0.6 is 11.3 Å². The van der Waals surface area contributed by atoms with Crippen molar-refractivity contribution in [1.82, 2.24) is 4.98 Å². The van der Waals surface area contributed by atoms with E-state index in [9.17, 15) is 0 Å². The quantitative estimate of drug-likeness (QED) is 0.880. The second-order valence-corrected chi connectivity index (χ2v) is 5.87. The Bertz CT molecular complexity index is 488. The number of benzene rings is 1. The largest absolute Gasteiger partial charge is 0.344 e. The summed E-state index contributed by atoms with van der Waals surface area (Å²) in [5.74, 6) is 0. The first-order valence-electron chi connectivity index (χ1n) is 6.63. The number of rotatable bonds is 6. The van der Waals surface area contributed by atoms with Gasteiger partial charge in [0, 0.05) is 18.0 Å². The summed E-state index contributed by atoms with van der Waals surface area (Å²) in [5, 5.41) is 1.10. The molecule has 0 aliphatic heterocycles. The number of nitrogens with two attached hydrogens (primary N) is 1. The number of thiazole rings is 1. The number of hydrogen-bond donors (Lipinski definition) is 1. The number of aryl methyl sites for hydroxylation is 2. The van der Waals surface area contributed by atoms with Gasteiger partial charge >= 0.3 is 0 Å². The van der Waals surface area contributed by atoms with Gasteiger partial charge in [0.05, 0.1) is 5.69 Å². The molecular weight excluding hydrogens is 254 g/mol. The van der Waals surface area contributed by atoms with Crippen LogP contribution in [0.2, 0.25) is 0 Å². The second kappa shape index (κ2) is 6.68. The molecule has 19 heavy (non-hydrogen) atoms. The van der Waals surface area contributed by atoms with Gasteiger partial charge in [-0.05, 0) is 32.4 Å². The minimum absolute atomic E-state index is 0.717. The van der Waals surface area contributed by atoms with E-state index in [4.69, 9.17) is 5.73 Å². The van der Waals surface area contributed by atoms with E-state index in [1.807, 2.05) is 6.07 Å². The molecule has 2 N–H and O–H groups in total. The Hall–Kier alpha value is -1.39. The second-order valence-electron chi connectivity index (χ2n) is 4.69. The minimum Gasteiger partial charge on any atom is -0.344 e. The van der Waals surface area contributed by atoms with Gasteiger partial charge in [0.1, 0.15) is 0 Å². The average molecular weight is 275 g/mol. The fourth-order valence-corrected chi connectivity index (χ4v) is 2.85. The Kier molecular flexibility index (Phi) is 4.93. The Morgan fingerprint density at radius 2 is 1.95 bits per heavy atom. The van der Waals surface area contributed by atoms with Gasteiger partial charge in [0.2, 0.25) is 0 Å². The molecule has 3 nitrogen and oxygen atoms in total. The Morgan fingerprint density at radius 3 is 2.53 bits per heavy atom. The molecule has 0 saturated carbocycles. The summed E-state index contributed by atoms with van der Waals surface area (Å²) in [6, 6.07) is 10.5. The van der Waals surface area contributed by atoms with Gasteiger partial charge in [0.25, 0.3) is 0 Å². The van der Waals surface area contributed by atoms with E-state index in [0.717, 1.165) is 30.3 Å². The van der Waals surface area contributed by atoms with Crippen LogP contribution in [-0.4, -0.2) is 18.1 Å². The molecule has 0 spiro atoms. The first-order valence-corrected chi connectivity index (χ1v) is 7.45. The van der Waals surface area contributed by atoms with E-state index >= 15 is 0 Å². The third-order valence-corrected chi connectivity index (χ3v) is 4.27. The average Bonchev–Trinajstić information content (AvgIpc) is 2.76. The van der Waals surface area contributed by atoms with Crippen molar-refractivity contribution in [2.24, 2.45) is 5.73 Å². The fraction of sp³-hybridized carbons (Fsp3) is 0.400. The van der Waals surface area contributed by atoms with Gasteiger partial charge in [-0.15, -0.1) is 11.3 Å². The smallest absolute Gasteiger partial charge is 0.186 e. The van der Waals surface area contributed by atoms with Crippen molar-refractivity contribution in [3.05, 3.63) is 46.5 Å². The summed E-state index contributed by atoms with van der Waals surface area (Å²) in [6.07, 6.45) is 0.991. The van der Waals surface area contributed by atoms with Crippen molar-refractivity contribution in [3.8, 4) is 0 Å². The monoisotopic (exact) mass is 275 g/mol. The highest BCUT2D eigenvalue weighted by molar-refractivity contribution is 7.15. The molecule has 1 aromatic carbocycles. The highest BCUT2D eigenvalue weighted by Crippen LogP contribution is 2.26. The zero-order chi connectivity index (χ0) is 13.7. The lowest BCUT2D eigenvalue weighted by Crippen LogP contribution is -2.25. The molecule has 1 heterocycles. The van der Waals surface area contributed by atoms with Gasteiger partial charge in [-0.25, -0.2) is 4.98 Å². The van der Waals surface area contributed by atoms with Gasteiger partial charge in [-0.3, -0.25) is 0 Å². The van der Waals surface area contributed by atoms with Crippen LogP contribution in [0, 0.1) is 13.8 Å². The highest BCUT2D eigenvalue weighted by Gasteiger charge is 2.12. The predicted molar refractivity (Wildman–Crippen MR) is 82.8 cm³/mol. The lowest BCUT2D eigenvalue weighted by atomic mass is 10.2. The van der Waals surface area contributed by atoms with E-state index in [0.29, 0.717) is 6.54 Å². The Balaban J connectivity index is 2.15. The van der Waals surface area contributed by atoms with Crippen LogP contribution in [0.5, 0.6) is 0 Å².